The average Bonchev–Trinajstić information content (AvgIpc) is 2.95. The Kier molecular flexibility index (Phi) is 3.13. The predicted octanol–water partition coefficient (Wildman–Crippen LogP) is 2.96. The van der Waals surface area contributed by atoms with Gasteiger partial charge in [-0.05, 0) is 31.2 Å². The number of aromatic carboxylic acids is 1. The predicted molar refractivity (Wildman–Crippen MR) is 75.6 cm³/mol. The molecule has 0 aliphatic heterocycles. The van der Waals surface area contributed by atoms with E-state index in [0.29, 0.717) is 17.8 Å². The highest BCUT2D eigenvalue weighted by molar-refractivity contribution is 6.03. The molecule has 0 fully saturated rings. The van der Waals surface area contributed by atoms with E-state index in [1.54, 1.807) is 17.1 Å². The molecule has 0 amide bonds. The first-order chi connectivity index (χ1) is 10.1. The van der Waals surface area contributed by atoms with Crippen molar-refractivity contribution in [3.05, 3.63) is 48.0 Å². The normalized spacial score (nSPS) is 11.0. The number of pyridine rings is 1. The van der Waals surface area contributed by atoms with Gasteiger partial charge >= 0.3 is 5.97 Å². The lowest BCUT2D eigenvalue weighted by molar-refractivity contribution is 0.0699. The molecule has 106 valence electrons. The number of benzene rings is 1. The second kappa shape index (κ2) is 4.97. The fourth-order valence-electron chi connectivity index (χ4n) is 2.19. The number of carbonyl (C=O) groups is 1. The molecule has 0 saturated heterocycles. The maximum Gasteiger partial charge on any atom is 0.336 e. The number of fused-ring (bicyclic) bond motifs is 1. The molecule has 0 aliphatic rings. The second-order valence-electron chi connectivity index (χ2n) is 4.61. The van der Waals surface area contributed by atoms with Crippen LogP contribution in [-0.2, 0) is 6.54 Å². The summed E-state index contributed by atoms with van der Waals surface area (Å²) < 4.78 is 15.0. The zero-order valence-electron chi connectivity index (χ0n) is 11.2. The Labute approximate surface area is 119 Å². The number of carboxylic acids is 1. The number of halogens is 1. The monoisotopic (exact) mass is 285 g/mol. The molecule has 0 radical (unpaired) electrons. The van der Waals surface area contributed by atoms with Gasteiger partial charge < -0.3 is 5.11 Å². The number of hydrogen-bond acceptors (Lipinski definition) is 3. The molecule has 2 heterocycles. The molecule has 0 atom stereocenters. The van der Waals surface area contributed by atoms with Crippen molar-refractivity contribution in [3.63, 3.8) is 0 Å². The Morgan fingerprint density at radius 2 is 2.19 bits per heavy atom. The Hall–Kier alpha value is -2.76. The van der Waals surface area contributed by atoms with Crippen LogP contribution in [0, 0.1) is 5.82 Å². The van der Waals surface area contributed by atoms with Gasteiger partial charge in [-0.15, -0.1) is 0 Å². The van der Waals surface area contributed by atoms with Gasteiger partial charge in [0.25, 0.3) is 0 Å². The summed E-state index contributed by atoms with van der Waals surface area (Å²) in [4.78, 5) is 15.8. The quantitative estimate of drug-likeness (QED) is 0.803. The van der Waals surface area contributed by atoms with Gasteiger partial charge in [-0.3, -0.25) is 4.68 Å². The summed E-state index contributed by atoms with van der Waals surface area (Å²) in [6, 6.07) is 5.37. The molecule has 0 unspecified atom stereocenters. The third-order valence-electron chi connectivity index (χ3n) is 3.25. The summed E-state index contributed by atoms with van der Waals surface area (Å²) in [5.74, 6) is -1.60. The molecule has 6 heteroatoms. The Morgan fingerprint density at radius 3 is 2.86 bits per heavy atom. The molecule has 3 rings (SSSR count). The third-order valence-corrected chi connectivity index (χ3v) is 3.25. The lowest BCUT2D eigenvalue weighted by atomic mass is 10.1. The number of nitrogens with zero attached hydrogens (tertiary/aromatic N) is 3. The van der Waals surface area contributed by atoms with Crippen LogP contribution in [0.4, 0.5) is 4.39 Å². The van der Waals surface area contributed by atoms with Gasteiger partial charge in [0, 0.05) is 23.7 Å². The van der Waals surface area contributed by atoms with Gasteiger partial charge in [0.15, 0.2) is 0 Å². The number of carboxylic acid groups (broad SMARTS) is 1. The van der Waals surface area contributed by atoms with E-state index >= 15 is 0 Å². The van der Waals surface area contributed by atoms with Crippen LogP contribution in [0.2, 0.25) is 0 Å². The maximum absolute atomic E-state index is 13.3. The summed E-state index contributed by atoms with van der Waals surface area (Å²) >= 11 is 0. The molecule has 2 aromatic heterocycles. The van der Waals surface area contributed by atoms with Crippen molar-refractivity contribution in [1.29, 1.82) is 0 Å². The largest absolute Gasteiger partial charge is 0.478 e. The Bertz CT molecular complexity index is 842. The van der Waals surface area contributed by atoms with Crippen molar-refractivity contribution in [2.45, 2.75) is 13.5 Å². The topological polar surface area (TPSA) is 68.0 Å². The van der Waals surface area contributed by atoms with Gasteiger partial charge in [-0.2, -0.15) is 5.10 Å². The molecule has 1 N–H and O–H groups in total. The first-order valence-corrected chi connectivity index (χ1v) is 6.45. The van der Waals surface area contributed by atoms with Crippen molar-refractivity contribution < 1.29 is 14.3 Å². The van der Waals surface area contributed by atoms with E-state index in [9.17, 15) is 14.3 Å². The van der Waals surface area contributed by atoms with Crippen molar-refractivity contribution in [2.75, 3.05) is 0 Å². The van der Waals surface area contributed by atoms with Crippen LogP contribution in [0.25, 0.3) is 22.2 Å². The van der Waals surface area contributed by atoms with E-state index < -0.39 is 11.8 Å². The highest BCUT2D eigenvalue weighted by Gasteiger charge is 2.14. The molecule has 5 nitrogen and oxygen atoms in total. The van der Waals surface area contributed by atoms with E-state index in [-0.39, 0.29) is 10.9 Å². The van der Waals surface area contributed by atoms with Crippen LogP contribution in [0.5, 0.6) is 0 Å². The van der Waals surface area contributed by atoms with Crippen LogP contribution in [-0.4, -0.2) is 25.8 Å². The van der Waals surface area contributed by atoms with Gasteiger partial charge in [-0.25, -0.2) is 14.2 Å². The molecule has 21 heavy (non-hydrogen) atoms. The highest BCUT2D eigenvalue weighted by Crippen LogP contribution is 2.25. The average molecular weight is 285 g/mol. The highest BCUT2D eigenvalue weighted by atomic mass is 19.1. The van der Waals surface area contributed by atoms with Gasteiger partial charge in [-0.1, -0.05) is 0 Å². The first-order valence-electron chi connectivity index (χ1n) is 6.45. The number of rotatable bonds is 3. The fourth-order valence-corrected chi connectivity index (χ4v) is 2.19. The van der Waals surface area contributed by atoms with E-state index in [1.807, 2.05) is 6.92 Å². The minimum Gasteiger partial charge on any atom is -0.478 e. The smallest absolute Gasteiger partial charge is 0.336 e. The van der Waals surface area contributed by atoms with Gasteiger partial charge in [0.1, 0.15) is 5.82 Å². The summed E-state index contributed by atoms with van der Waals surface area (Å²) in [6.07, 6.45) is 3.43. The molecule has 0 aliphatic carbocycles. The lowest BCUT2D eigenvalue weighted by Crippen LogP contribution is -2.00. The standard InChI is InChI=1S/C15H12FN3O2/c1-2-19-8-9(7-17-19)14-6-12(15(20)21)11-5-10(16)3-4-13(11)18-14/h3-8H,2H2,1H3,(H,20,21). The molecule has 1 aromatic carbocycles. The fraction of sp³-hybridized carbons (Fsp3) is 0.133. The van der Waals surface area contributed by atoms with Crippen molar-refractivity contribution >= 4 is 16.9 Å². The van der Waals surface area contributed by atoms with Crippen molar-refractivity contribution in [3.8, 4) is 11.3 Å². The summed E-state index contributed by atoms with van der Waals surface area (Å²) in [5, 5.41) is 13.8. The zero-order chi connectivity index (χ0) is 15.0. The van der Waals surface area contributed by atoms with Crippen LogP contribution < -0.4 is 0 Å². The molecular formula is C15H12FN3O2. The second-order valence-corrected chi connectivity index (χ2v) is 4.61. The van der Waals surface area contributed by atoms with Crippen LogP contribution in [0.15, 0.2) is 36.7 Å². The van der Waals surface area contributed by atoms with Gasteiger partial charge in [0.2, 0.25) is 0 Å². The number of aryl methyl sites for hydroxylation is 1. The van der Waals surface area contributed by atoms with E-state index in [4.69, 9.17) is 0 Å². The Morgan fingerprint density at radius 1 is 1.38 bits per heavy atom. The van der Waals surface area contributed by atoms with E-state index in [1.165, 1.54) is 24.3 Å². The number of hydrogen-bond donors (Lipinski definition) is 1. The maximum atomic E-state index is 13.3. The minimum absolute atomic E-state index is 0.0266. The van der Waals surface area contributed by atoms with Crippen molar-refractivity contribution in [1.82, 2.24) is 14.8 Å². The van der Waals surface area contributed by atoms with Crippen LogP contribution >= 0.6 is 0 Å². The third kappa shape index (κ3) is 2.35. The van der Waals surface area contributed by atoms with Crippen LogP contribution in [0.3, 0.4) is 0 Å². The lowest BCUT2D eigenvalue weighted by Gasteiger charge is -2.05. The molecule has 3 aromatic rings. The summed E-state index contributed by atoms with van der Waals surface area (Å²) in [6.45, 7) is 2.67. The Balaban J connectivity index is 2.25. The SMILES string of the molecule is CCn1cc(-c2cc(C(=O)O)c3cc(F)ccc3n2)cn1. The molecule has 0 spiro atoms. The zero-order valence-corrected chi connectivity index (χ0v) is 11.2. The number of aromatic nitrogens is 3. The van der Waals surface area contributed by atoms with Crippen molar-refractivity contribution in [2.24, 2.45) is 0 Å². The van der Waals surface area contributed by atoms with E-state index in [2.05, 4.69) is 10.1 Å². The minimum atomic E-state index is -1.11. The van der Waals surface area contributed by atoms with Crippen LogP contribution in [0.1, 0.15) is 17.3 Å². The molecule has 0 bridgehead atoms. The summed E-state index contributed by atoms with van der Waals surface area (Å²) in [7, 11) is 0. The van der Waals surface area contributed by atoms with E-state index in [0.717, 1.165) is 5.56 Å². The summed E-state index contributed by atoms with van der Waals surface area (Å²) in [5.41, 5.74) is 1.70. The van der Waals surface area contributed by atoms with Gasteiger partial charge in [0.05, 0.1) is 23.0 Å². The molecule has 0 saturated carbocycles. The first kappa shape index (κ1) is 13.2. The molecular weight excluding hydrogens is 273 g/mol.